The van der Waals surface area contributed by atoms with Crippen molar-refractivity contribution in [1.82, 2.24) is 10.2 Å². The molecular weight excluding hydrogens is 296 g/mol. The van der Waals surface area contributed by atoms with E-state index in [1.54, 1.807) is 0 Å². The number of furan rings is 1. The van der Waals surface area contributed by atoms with Gasteiger partial charge in [-0.2, -0.15) is 0 Å². The fourth-order valence-corrected chi connectivity index (χ4v) is 3.60. The Labute approximate surface area is 135 Å². The monoisotopic (exact) mass is 318 g/mol. The molecule has 3 heterocycles. The van der Waals surface area contributed by atoms with E-state index in [-0.39, 0.29) is 11.9 Å². The van der Waals surface area contributed by atoms with Crippen LogP contribution in [0.2, 0.25) is 0 Å². The summed E-state index contributed by atoms with van der Waals surface area (Å²) >= 11 is 1.47. The van der Waals surface area contributed by atoms with Crippen molar-refractivity contribution in [2.24, 2.45) is 0 Å². The molecule has 0 aliphatic carbocycles. The highest BCUT2D eigenvalue weighted by Gasteiger charge is 2.25. The van der Waals surface area contributed by atoms with E-state index in [0.29, 0.717) is 6.54 Å². The predicted molar refractivity (Wildman–Crippen MR) is 88.3 cm³/mol. The molecule has 4 nitrogen and oxygen atoms in total. The van der Waals surface area contributed by atoms with Crippen molar-refractivity contribution in [3.05, 3.63) is 46.0 Å². The van der Waals surface area contributed by atoms with Crippen molar-refractivity contribution in [2.75, 3.05) is 19.6 Å². The Kier molecular flexibility index (Phi) is 4.95. The SMILES string of the molecule is Cc1ccc([C@@H](CNC(=O)c2cccs2)N2CCCCC2)o1. The highest BCUT2D eigenvalue weighted by atomic mass is 32.1. The minimum Gasteiger partial charge on any atom is -0.465 e. The van der Waals surface area contributed by atoms with Crippen LogP contribution in [-0.2, 0) is 0 Å². The Balaban J connectivity index is 1.69. The Hall–Kier alpha value is -1.59. The smallest absolute Gasteiger partial charge is 0.261 e. The van der Waals surface area contributed by atoms with E-state index in [4.69, 9.17) is 4.42 Å². The number of thiophene rings is 1. The van der Waals surface area contributed by atoms with Crippen molar-refractivity contribution < 1.29 is 9.21 Å². The molecule has 1 aliphatic rings. The zero-order valence-electron chi connectivity index (χ0n) is 12.9. The number of hydrogen-bond acceptors (Lipinski definition) is 4. The largest absolute Gasteiger partial charge is 0.465 e. The van der Waals surface area contributed by atoms with Crippen molar-refractivity contribution in [1.29, 1.82) is 0 Å². The zero-order valence-corrected chi connectivity index (χ0v) is 13.7. The quantitative estimate of drug-likeness (QED) is 0.916. The second-order valence-corrected chi connectivity index (χ2v) is 6.70. The van der Waals surface area contributed by atoms with E-state index < -0.39 is 0 Å². The Morgan fingerprint density at radius 1 is 1.32 bits per heavy atom. The highest BCUT2D eigenvalue weighted by Crippen LogP contribution is 2.25. The number of hydrogen-bond donors (Lipinski definition) is 1. The summed E-state index contributed by atoms with van der Waals surface area (Å²) < 4.78 is 5.83. The van der Waals surface area contributed by atoms with Crippen LogP contribution in [0.15, 0.2) is 34.1 Å². The van der Waals surface area contributed by atoms with Gasteiger partial charge in [0.2, 0.25) is 0 Å². The molecule has 1 atom stereocenters. The maximum absolute atomic E-state index is 12.2. The lowest BCUT2D eigenvalue weighted by molar-refractivity contribution is 0.0917. The minimum absolute atomic E-state index is 0.000266. The number of amides is 1. The van der Waals surface area contributed by atoms with Crippen LogP contribution >= 0.6 is 11.3 Å². The predicted octanol–water partition coefficient (Wildman–Crippen LogP) is 3.61. The Morgan fingerprint density at radius 3 is 2.77 bits per heavy atom. The van der Waals surface area contributed by atoms with E-state index in [0.717, 1.165) is 29.5 Å². The molecule has 1 fully saturated rings. The lowest BCUT2D eigenvalue weighted by Crippen LogP contribution is -2.40. The van der Waals surface area contributed by atoms with Gasteiger partial charge in [-0.05, 0) is 56.4 Å². The summed E-state index contributed by atoms with van der Waals surface area (Å²) in [5.41, 5.74) is 0. The van der Waals surface area contributed by atoms with Crippen LogP contribution in [0.4, 0.5) is 0 Å². The molecule has 118 valence electrons. The van der Waals surface area contributed by atoms with Gasteiger partial charge >= 0.3 is 0 Å². The summed E-state index contributed by atoms with van der Waals surface area (Å²) in [6.07, 6.45) is 3.73. The number of nitrogens with zero attached hydrogens (tertiary/aromatic N) is 1. The summed E-state index contributed by atoms with van der Waals surface area (Å²) in [5, 5.41) is 4.98. The first kappa shape index (κ1) is 15.3. The molecule has 3 rings (SSSR count). The van der Waals surface area contributed by atoms with E-state index in [2.05, 4.69) is 10.2 Å². The molecule has 2 aromatic rings. The van der Waals surface area contributed by atoms with E-state index in [1.807, 2.05) is 36.6 Å². The van der Waals surface area contributed by atoms with E-state index in [9.17, 15) is 4.79 Å². The number of aryl methyl sites for hydroxylation is 1. The van der Waals surface area contributed by atoms with Gasteiger partial charge in [0.15, 0.2) is 0 Å². The standard InChI is InChI=1S/C17H22N2O2S/c1-13-7-8-15(21-13)14(19-9-3-2-4-10-19)12-18-17(20)16-6-5-11-22-16/h5-8,11,14H,2-4,9-10,12H2,1H3,(H,18,20)/t14-/m1/s1. The number of rotatable bonds is 5. The Morgan fingerprint density at radius 2 is 2.14 bits per heavy atom. The lowest BCUT2D eigenvalue weighted by Gasteiger charge is -2.33. The molecule has 0 radical (unpaired) electrons. The molecule has 0 saturated carbocycles. The topological polar surface area (TPSA) is 45.5 Å². The van der Waals surface area contributed by atoms with Gasteiger partial charge in [-0.3, -0.25) is 9.69 Å². The molecule has 22 heavy (non-hydrogen) atoms. The Bertz CT molecular complexity index is 600. The van der Waals surface area contributed by atoms with Crippen molar-refractivity contribution in [3.63, 3.8) is 0 Å². The van der Waals surface area contributed by atoms with Crippen LogP contribution in [0, 0.1) is 6.92 Å². The minimum atomic E-state index is 0.000266. The third-order valence-electron chi connectivity index (χ3n) is 4.12. The van der Waals surface area contributed by atoms with Gasteiger partial charge in [0.1, 0.15) is 11.5 Å². The van der Waals surface area contributed by atoms with Crippen molar-refractivity contribution in [2.45, 2.75) is 32.2 Å². The molecule has 5 heteroatoms. The molecule has 2 aromatic heterocycles. The number of piperidine rings is 1. The second kappa shape index (κ2) is 7.11. The van der Waals surface area contributed by atoms with Gasteiger partial charge < -0.3 is 9.73 Å². The molecule has 1 saturated heterocycles. The summed E-state index contributed by atoms with van der Waals surface area (Å²) in [7, 11) is 0. The average Bonchev–Trinajstić information content (AvgIpc) is 3.20. The normalized spacial score (nSPS) is 17.3. The number of carbonyl (C=O) groups is 1. The molecule has 0 spiro atoms. The molecular formula is C17H22N2O2S. The molecule has 0 bridgehead atoms. The van der Waals surface area contributed by atoms with Crippen LogP contribution in [0.5, 0.6) is 0 Å². The zero-order chi connectivity index (χ0) is 15.4. The summed E-state index contributed by atoms with van der Waals surface area (Å²) in [6, 6.07) is 7.90. The van der Waals surface area contributed by atoms with Crippen LogP contribution in [0.1, 0.15) is 46.5 Å². The van der Waals surface area contributed by atoms with Gasteiger partial charge in [-0.15, -0.1) is 11.3 Å². The second-order valence-electron chi connectivity index (χ2n) is 5.75. The third-order valence-corrected chi connectivity index (χ3v) is 4.99. The maximum atomic E-state index is 12.2. The number of likely N-dealkylation sites (tertiary alicyclic amines) is 1. The van der Waals surface area contributed by atoms with E-state index >= 15 is 0 Å². The molecule has 0 aromatic carbocycles. The van der Waals surface area contributed by atoms with Gasteiger partial charge in [-0.25, -0.2) is 0 Å². The maximum Gasteiger partial charge on any atom is 0.261 e. The van der Waals surface area contributed by atoms with Gasteiger partial charge in [0.25, 0.3) is 5.91 Å². The molecule has 1 amide bonds. The van der Waals surface area contributed by atoms with Crippen LogP contribution in [-0.4, -0.2) is 30.4 Å². The molecule has 1 aliphatic heterocycles. The van der Waals surface area contributed by atoms with Gasteiger partial charge in [-0.1, -0.05) is 12.5 Å². The summed E-state index contributed by atoms with van der Waals surface area (Å²) in [4.78, 5) is 15.4. The fraction of sp³-hybridized carbons (Fsp3) is 0.471. The number of carbonyl (C=O) groups excluding carboxylic acids is 1. The first-order valence-corrected chi connectivity index (χ1v) is 8.74. The van der Waals surface area contributed by atoms with Gasteiger partial charge in [0.05, 0.1) is 10.9 Å². The fourth-order valence-electron chi connectivity index (χ4n) is 2.96. The molecule has 1 N–H and O–H groups in total. The molecule has 0 unspecified atom stereocenters. The van der Waals surface area contributed by atoms with Gasteiger partial charge in [0, 0.05) is 6.54 Å². The summed E-state index contributed by atoms with van der Waals surface area (Å²) in [6.45, 7) is 4.68. The van der Waals surface area contributed by atoms with Crippen LogP contribution in [0.3, 0.4) is 0 Å². The van der Waals surface area contributed by atoms with Crippen molar-refractivity contribution in [3.8, 4) is 0 Å². The van der Waals surface area contributed by atoms with Crippen molar-refractivity contribution >= 4 is 17.2 Å². The third kappa shape index (κ3) is 3.59. The highest BCUT2D eigenvalue weighted by molar-refractivity contribution is 7.12. The van der Waals surface area contributed by atoms with Crippen LogP contribution < -0.4 is 5.32 Å². The lowest BCUT2D eigenvalue weighted by atomic mass is 10.1. The summed E-state index contributed by atoms with van der Waals surface area (Å²) in [5.74, 6) is 1.87. The average molecular weight is 318 g/mol. The number of nitrogens with one attached hydrogen (secondary N) is 1. The first-order valence-electron chi connectivity index (χ1n) is 7.86. The van der Waals surface area contributed by atoms with E-state index in [1.165, 1.54) is 30.6 Å². The van der Waals surface area contributed by atoms with Crippen LogP contribution in [0.25, 0.3) is 0 Å². The first-order chi connectivity index (χ1) is 10.7.